The van der Waals surface area contributed by atoms with Crippen LogP contribution in [0.3, 0.4) is 0 Å². The average Bonchev–Trinajstić information content (AvgIpc) is 3.10. The number of rotatable bonds is 2. The number of anilines is 1. The summed E-state index contributed by atoms with van der Waals surface area (Å²) in [6, 6.07) is 2.94. The van der Waals surface area contributed by atoms with Gasteiger partial charge in [-0.3, -0.25) is 4.79 Å². The first-order valence-corrected chi connectivity index (χ1v) is 10.8. The van der Waals surface area contributed by atoms with Crippen LogP contribution in [0.5, 0.6) is 0 Å². The normalized spacial score (nSPS) is 20.0. The van der Waals surface area contributed by atoms with E-state index in [1.54, 1.807) is 16.2 Å². The molecule has 1 aliphatic carbocycles. The van der Waals surface area contributed by atoms with Crippen molar-refractivity contribution in [1.29, 1.82) is 0 Å². The molecule has 1 fully saturated rings. The van der Waals surface area contributed by atoms with Gasteiger partial charge in [-0.2, -0.15) is 13.2 Å². The van der Waals surface area contributed by atoms with Crippen LogP contribution in [-0.2, 0) is 19.0 Å². The monoisotopic (exact) mass is 443 g/mol. The summed E-state index contributed by atoms with van der Waals surface area (Å²) in [5.41, 5.74) is 0.438. The molecule has 1 atom stereocenters. The van der Waals surface area contributed by atoms with Crippen molar-refractivity contribution in [2.75, 3.05) is 31.1 Å². The quantitative estimate of drug-likeness (QED) is 0.662. The SMILES string of the molecule is C[C@@H]1CCc2sc(C(=O)N3CCN(c4ncc(C(F)(F)F)cc4Cl)CC3)cc2C1. The highest BCUT2D eigenvalue weighted by Crippen LogP contribution is 2.35. The van der Waals surface area contributed by atoms with E-state index in [4.69, 9.17) is 11.6 Å². The van der Waals surface area contributed by atoms with Crippen molar-refractivity contribution in [3.63, 3.8) is 0 Å². The molecular formula is C20H21ClF3N3OS. The van der Waals surface area contributed by atoms with Crippen LogP contribution in [0.4, 0.5) is 19.0 Å². The predicted molar refractivity (Wildman–Crippen MR) is 108 cm³/mol. The molecule has 0 saturated carbocycles. The molecule has 0 unspecified atom stereocenters. The van der Waals surface area contributed by atoms with Crippen molar-refractivity contribution < 1.29 is 18.0 Å². The van der Waals surface area contributed by atoms with Gasteiger partial charge in [0.1, 0.15) is 5.82 Å². The Balaban J connectivity index is 1.41. The van der Waals surface area contributed by atoms with Gasteiger partial charge in [0, 0.05) is 37.3 Å². The molecule has 2 aromatic heterocycles. The molecule has 0 bridgehead atoms. The molecule has 1 saturated heterocycles. The number of nitrogens with zero attached hydrogens (tertiary/aromatic N) is 3. The zero-order valence-corrected chi connectivity index (χ0v) is 17.5. The predicted octanol–water partition coefficient (Wildman–Crippen LogP) is 4.90. The summed E-state index contributed by atoms with van der Waals surface area (Å²) >= 11 is 7.65. The van der Waals surface area contributed by atoms with Crippen LogP contribution < -0.4 is 4.90 Å². The Morgan fingerprint density at radius 1 is 1.24 bits per heavy atom. The highest BCUT2D eigenvalue weighted by molar-refractivity contribution is 7.14. The molecular weight excluding hydrogens is 423 g/mol. The van der Waals surface area contributed by atoms with Gasteiger partial charge in [-0.05, 0) is 42.9 Å². The van der Waals surface area contributed by atoms with Crippen LogP contribution in [0.15, 0.2) is 18.3 Å². The zero-order valence-electron chi connectivity index (χ0n) is 15.9. The second kappa shape index (κ2) is 7.80. The van der Waals surface area contributed by atoms with Crippen LogP contribution in [0.25, 0.3) is 0 Å². The smallest absolute Gasteiger partial charge is 0.352 e. The molecule has 2 aromatic rings. The van der Waals surface area contributed by atoms with Gasteiger partial charge < -0.3 is 9.80 Å². The molecule has 29 heavy (non-hydrogen) atoms. The fraction of sp³-hybridized carbons (Fsp3) is 0.500. The van der Waals surface area contributed by atoms with Crippen molar-refractivity contribution in [3.8, 4) is 0 Å². The maximum absolute atomic E-state index is 12.9. The Kier molecular flexibility index (Phi) is 5.50. The van der Waals surface area contributed by atoms with E-state index in [1.165, 1.54) is 16.9 Å². The molecule has 0 spiro atoms. The number of hydrogen-bond donors (Lipinski definition) is 0. The van der Waals surface area contributed by atoms with Crippen LogP contribution >= 0.6 is 22.9 Å². The van der Waals surface area contributed by atoms with E-state index >= 15 is 0 Å². The van der Waals surface area contributed by atoms with Crippen LogP contribution in [0.1, 0.15) is 39.0 Å². The second-order valence-corrected chi connectivity index (χ2v) is 9.26. The molecule has 3 heterocycles. The molecule has 156 valence electrons. The standard InChI is InChI=1S/C20H21ClF3N3OS/c1-12-2-3-16-13(8-12)9-17(29-16)19(28)27-6-4-26(5-7-27)18-15(21)10-14(11-25-18)20(22,23)24/h9-12H,2-8H2,1H3/t12-/m1/s1. The lowest BCUT2D eigenvalue weighted by atomic mass is 9.90. The summed E-state index contributed by atoms with van der Waals surface area (Å²) < 4.78 is 38.4. The summed E-state index contributed by atoms with van der Waals surface area (Å²) in [6.07, 6.45) is -0.431. The Labute approximate surface area is 176 Å². The van der Waals surface area contributed by atoms with Crippen LogP contribution in [-0.4, -0.2) is 42.0 Å². The summed E-state index contributed by atoms with van der Waals surface area (Å²) in [7, 11) is 0. The fourth-order valence-electron chi connectivity index (χ4n) is 3.91. The number of aromatic nitrogens is 1. The van der Waals surface area contributed by atoms with E-state index in [0.717, 1.165) is 30.0 Å². The first-order valence-electron chi connectivity index (χ1n) is 9.61. The number of pyridine rings is 1. The molecule has 0 aromatic carbocycles. The van der Waals surface area contributed by atoms with Crippen LogP contribution in [0.2, 0.25) is 5.02 Å². The molecule has 1 amide bonds. The largest absolute Gasteiger partial charge is 0.417 e. The minimum absolute atomic E-state index is 0.0281. The highest BCUT2D eigenvalue weighted by Gasteiger charge is 2.33. The maximum Gasteiger partial charge on any atom is 0.417 e. The van der Waals surface area contributed by atoms with Gasteiger partial charge >= 0.3 is 6.18 Å². The third kappa shape index (κ3) is 4.23. The number of thiophene rings is 1. The topological polar surface area (TPSA) is 36.4 Å². The lowest BCUT2D eigenvalue weighted by molar-refractivity contribution is -0.137. The van der Waals surface area contributed by atoms with E-state index in [-0.39, 0.29) is 10.9 Å². The van der Waals surface area contributed by atoms with Gasteiger partial charge in [-0.1, -0.05) is 18.5 Å². The number of aryl methyl sites for hydroxylation is 1. The maximum atomic E-state index is 12.9. The summed E-state index contributed by atoms with van der Waals surface area (Å²) in [5, 5.41) is -0.0281. The lowest BCUT2D eigenvalue weighted by Crippen LogP contribution is -2.49. The van der Waals surface area contributed by atoms with Crippen molar-refractivity contribution in [1.82, 2.24) is 9.88 Å². The Bertz CT molecular complexity index is 922. The third-order valence-electron chi connectivity index (χ3n) is 5.56. The molecule has 4 rings (SSSR count). The number of carbonyl (C=O) groups is 1. The van der Waals surface area contributed by atoms with E-state index in [2.05, 4.69) is 11.9 Å². The molecule has 1 aliphatic heterocycles. The van der Waals surface area contributed by atoms with Gasteiger partial charge in [-0.15, -0.1) is 11.3 Å². The number of hydrogen-bond acceptors (Lipinski definition) is 4. The van der Waals surface area contributed by atoms with Crippen molar-refractivity contribution in [3.05, 3.63) is 44.2 Å². The Morgan fingerprint density at radius 2 is 1.97 bits per heavy atom. The van der Waals surface area contributed by atoms with Gasteiger partial charge in [0.25, 0.3) is 5.91 Å². The van der Waals surface area contributed by atoms with E-state index in [1.807, 2.05) is 11.0 Å². The summed E-state index contributed by atoms with van der Waals surface area (Å²) in [6.45, 7) is 4.16. The van der Waals surface area contributed by atoms with Crippen molar-refractivity contribution >= 4 is 34.7 Å². The molecule has 0 radical (unpaired) electrons. The van der Waals surface area contributed by atoms with Gasteiger partial charge in [0.05, 0.1) is 15.5 Å². The average molecular weight is 444 g/mol. The van der Waals surface area contributed by atoms with E-state index in [0.29, 0.717) is 37.9 Å². The second-order valence-electron chi connectivity index (χ2n) is 7.71. The fourth-order valence-corrected chi connectivity index (χ4v) is 5.37. The molecule has 4 nitrogen and oxygen atoms in total. The molecule has 9 heteroatoms. The van der Waals surface area contributed by atoms with Gasteiger partial charge in [-0.25, -0.2) is 4.98 Å². The summed E-state index contributed by atoms with van der Waals surface area (Å²) in [4.78, 5) is 22.6. The lowest BCUT2D eigenvalue weighted by Gasteiger charge is -2.35. The third-order valence-corrected chi connectivity index (χ3v) is 7.06. The van der Waals surface area contributed by atoms with Gasteiger partial charge in [0.15, 0.2) is 0 Å². The van der Waals surface area contributed by atoms with E-state index in [9.17, 15) is 18.0 Å². The van der Waals surface area contributed by atoms with Crippen molar-refractivity contribution in [2.45, 2.75) is 32.4 Å². The van der Waals surface area contributed by atoms with Gasteiger partial charge in [0.2, 0.25) is 0 Å². The minimum atomic E-state index is -4.47. The Morgan fingerprint density at radius 3 is 2.62 bits per heavy atom. The zero-order chi connectivity index (χ0) is 20.8. The first kappa shape index (κ1) is 20.5. The minimum Gasteiger partial charge on any atom is -0.352 e. The van der Waals surface area contributed by atoms with Crippen LogP contribution in [0, 0.1) is 5.92 Å². The first-order chi connectivity index (χ1) is 13.7. The molecule has 2 aliphatic rings. The number of halogens is 4. The number of carbonyl (C=O) groups excluding carboxylic acids is 1. The number of alkyl halides is 3. The van der Waals surface area contributed by atoms with Crippen molar-refractivity contribution in [2.24, 2.45) is 5.92 Å². The number of amides is 1. The number of fused-ring (bicyclic) bond motifs is 1. The summed E-state index contributed by atoms with van der Waals surface area (Å²) in [5.74, 6) is 1.01. The molecule has 0 N–H and O–H groups in total. The number of piperazine rings is 1. The Hall–Kier alpha value is -1.80. The highest BCUT2D eigenvalue weighted by atomic mass is 35.5. The van der Waals surface area contributed by atoms with E-state index < -0.39 is 11.7 Å².